The first-order valence-corrected chi connectivity index (χ1v) is 4.01. The fraction of sp³-hybridized carbons (Fsp3) is 0.111. The van der Waals surface area contributed by atoms with Crippen LogP contribution in [0.2, 0.25) is 0 Å². The Morgan fingerprint density at radius 2 is 1.79 bits per heavy atom. The van der Waals surface area contributed by atoms with E-state index in [-0.39, 0.29) is 12.1 Å². The monoisotopic (exact) mass is 195 g/mol. The second-order valence-electron chi connectivity index (χ2n) is 2.92. The fourth-order valence-corrected chi connectivity index (χ4v) is 1.45. The summed E-state index contributed by atoms with van der Waals surface area (Å²) in [6.07, 6.45) is 0. The average molecular weight is 195 g/mol. The number of nitrogens with zero attached hydrogens (tertiary/aromatic N) is 1. The lowest BCUT2D eigenvalue weighted by molar-refractivity contribution is 0.272. The zero-order valence-corrected chi connectivity index (χ0v) is 7.18. The summed E-state index contributed by atoms with van der Waals surface area (Å²) in [7, 11) is 0. The van der Waals surface area contributed by atoms with Crippen LogP contribution in [0.5, 0.6) is 17.4 Å². The molecule has 0 aliphatic carbocycles. The Morgan fingerprint density at radius 1 is 1.07 bits per heavy atom. The molecule has 2 aromatic heterocycles. The van der Waals surface area contributed by atoms with Gasteiger partial charge in [-0.15, -0.1) is 0 Å². The van der Waals surface area contributed by atoms with Crippen molar-refractivity contribution in [2.45, 2.75) is 6.61 Å². The molecule has 2 heterocycles. The molecule has 0 unspecified atom stereocenters. The van der Waals surface area contributed by atoms with E-state index in [1.165, 1.54) is 10.5 Å². The van der Waals surface area contributed by atoms with Crippen LogP contribution in [0, 0.1) is 0 Å². The van der Waals surface area contributed by atoms with Crippen LogP contribution >= 0.6 is 0 Å². The zero-order chi connectivity index (χ0) is 10.3. The Labute approximate surface area is 79.1 Å². The maximum absolute atomic E-state index is 9.43. The molecule has 0 atom stereocenters. The molecule has 74 valence electrons. The first kappa shape index (κ1) is 8.71. The van der Waals surface area contributed by atoms with Gasteiger partial charge in [0.05, 0.1) is 17.8 Å². The van der Waals surface area contributed by atoms with E-state index < -0.39 is 17.4 Å². The molecule has 4 N–H and O–H groups in total. The highest BCUT2D eigenvalue weighted by Crippen LogP contribution is 2.41. The highest BCUT2D eigenvalue weighted by molar-refractivity contribution is 5.71. The number of pyridine rings is 1. The van der Waals surface area contributed by atoms with Gasteiger partial charge >= 0.3 is 0 Å². The summed E-state index contributed by atoms with van der Waals surface area (Å²) in [5.41, 5.74) is 0.641. The van der Waals surface area contributed by atoms with Crippen molar-refractivity contribution in [3.05, 3.63) is 23.9 Å². The first-order chi connectivity index (χ1) is 6.66. The van der Waals surface area contributed by atoms with Crippen molar-refractivity contribution in [3.8, 4) is 17.4 Å². The number of hydrogen-bond acceptors (Lipinski definition) is 4. The van der Waals surface area contributed by atoms with Crippen LogP contribution in [0.15, 0.2) is 18.2 Å². The second-order valence-corrected chi connectivity index (χ2v) is 2.92. The van der Waals surface area contributed by atoms with Crippen LogP contribution in [0.1, 0.15) is 5.69 Å². The van der Waals surface area contributed by atoms with Gasteiger partial charge < -0.3 is 20.4 Å². The average Bonchev–Trinajstić information content (AvgIpc) is 2.44. The maximum Gasteiger partial charge on any atom is 0.243 e. The Hall–Kier alpha value is -1.88. The third kappa shape index (κ3) is 0.928. The third-order valence-electron chi connectivity index (χ3n) is 2.12. The zero-order valence-electron chi connectivity index (χ0n) is 7.18. The standard InChI is InChI=1S/C9H9NO4/c11-4-5-2-1-3-6-7(12)8(13)9(14)10(5)6/h1-3,11-14H,4H2. The van der Waals surface area contributed by atoms with E-state index in [9.17, 15) is 15.3 Å². The molecule has 0 amide bonds. The van der Waals surface area contributed by atoms with E-state index in [4.69, 9.17) is 5.11 Å². The van der Waals surface area contributed by atoms with Gasteiger partial charge in [0.1, 0.15) is 0 Å². The van der Waals surface area contributed by atoms with Gasteiger partial charge in [0.2, 0.25) is 11.6 Å². The fourth-order valence-electron chi connectivity index (χ4n) is 1.45. The molecule has 0 aliphatic rings. The Kier molecular flexibility index (Phi) is 1.75. The van der Waals surface area contributed by atoms with Gasteiger partial charge in [0.15, 0.2) is 5.75 Å². The summed E-state index contributed by atoms with van der Waals surface area (Å²) in [5, 5.41) is 37.0. The minimum absolute atomic E-state index is 0.256. The lowest BCUT2D eigenvalue weighted by Crippen LogP contribution is -1.94. The predicted molar refractivity (Wildman–Crippen MR) is 48.3 cm³/mol. The van der Waals surface area contributed by atoms with Crippen LogP contribution in [0.3, 0.4) is 0 Å². The quantitative estimate of drug-likeness (QED) is 0.535. The molecule has 0 spiro atoms. The SMILES string of the molecule is OCc1cccc2c(O)c(O)c(O)n12. The van der Waals surface area contributed by atoms with E-state index in [2.05, 4.69) is 0 Å². The Balaban J connectivity index is 2.94. The van der Waals surface area contributed by atoms with E-state index in [1.807, 2.05) is 0 Å². The minimum Gasteiger partial charge on any atom is -0.503 e. The summed E-state index contributed by atoms with van der Waals surface area (Å²) in [4.78, 5) is 0. The van der Waals surface area contributed by atoms with Crippen molar-refractivity contribution in [1.82, 2.24) is 4.40 Å². The molecule has 2 rings (SSSR count). The highest BCUT2D eigenvalue weighted by Gasteiger charge is 2.17. The molecular weight excluding hydrogens is 186 g/mol. The van der Waals surface area contributed by atoms with Crippen molar-refractivity contribution < 1.29 is 20.4 Å². The van der Waals surface area contributed by atoms with Crippen LogP contribution in [0.25, 0.3) is 5.52 Å². The topological polar surface area (TPSA) is 85.3 Å². The van der Waals surface area contributed by atoms with E-state index in [0.717, 1.165) is 0 Å². The summed E-state index contributed by atoms with van der Waals surface area (Å²) in [5.74, 6) is -1.44. The molecule has 14 heavy (non-hydrogen) atoms. The molecule has 0 aromatic carbocycles. The number of aromatic hydroxyl groups is 3. The Morgan fingerprint density at radius 3 is 2.43 bits per heavy atom. The lowest BCUT2D eigenvalue weighted by Gasteiger charge is -2.02. The van der Waals surface area contributed by atoms with Crippen molar-refractivity contribution >= 4 is 5.52 Å². The molecule has 0 saturated carbocycles. The van der Waals surface area contributed by atoms with Gasteiger partial charge in [-0.3, -0.25) is 4.40 Å². The summed E-state index contributed by atoms with van der Waals surface area (Å²) in [6, 6.07) is 4.71. The number of hydrogen-bond donors (Lipinski definition) is 4. The van der Waals surface area contributed by atoms with Crippen molar-refractivity contribution in [3.63, 3.8) is 0 Å². The van der Waals surface area contributed by atoms with Gasteiger partial charge in [-0.25, -0.2) is 0 Å². The van der Waals surface area contributed by atoms with Gasteiger partial charge in [-0.05, 0) is 12.1 Å². The molecule has 0 aliphatic heterocycles. The summed E-state index contributed by atoms with van der Waals surface area (Å²) < 4.78 is 1.19. The number of fused-ring (bicyclic) bond motifs is 1. The summed E-state index contributed by atoms with van der Waals surface area (Å²) >= 11 is 0. The number of aliphatic hydroxyl groups is 1. The highest BCUT2D eigenvalue weighted by atomic mass is 16.3. The van der Waals surface area contributed by atoms with Gasteiger partial charge in [0, 0.05) is 0 Å². The van der Waals surface area contributed by atoms with Crippen molar-refractivity contribution in [2.75, 3.05) is 0 Å². The minimum atomic E-state index is -0.578. The molecule has 5 nitrogen and oxygen atoms in total. The normalized spacial score (nSPS) is 10.9. The van der Waals surface area contributed by atoms with Crippen LogP contribution in [0.4, 0.5) is 0 Å². The number of aromatic nitrogens is 1. The smallest absolute Gasteiger partial charge is 0.243 e. The van der Waals surface area contributed by atoms with Crippen molar-refractivity contribution in [1.29, 1.82) is 0 Å². The van der Waals surface area contributed by atoms with Crippen LogP contribution in [-0.4, -0.2) is 24.8 Å². The van der Waals surface area contributed by atoms with Crippen LogP contribution in [-0.2, 0) is 6.61 Å². The van der Waals surface area contributed by atoms with E-state index in [1.54, 1.807) is 12.1 Å². The molecular formula is C9H9NO4. The molecule has 2 aromatic rings. The van der Waals surface area contributed by atoms with E-state index >= 15 is 0 Å². The van der Waals surface area contributed by atoms with E-state index in [0.29, 0.717) is 5.69 Å². The second kappa shape index (κ2) is 2.81. The Bertz CT molecular complexity index is 489. The molecule has 0 saturated heterocycles. The maximum atomic E-state index is 9.43. The van der Waals surface area contributed by atoms with Gasteiger partial charge in [-0.1, -0.05) is 6.07 Å². The lowest BCUT2D eigenvalue weighted by atomic mass is 10.3. The molecule has 0 fully saturated rings. The van der Waals surface area contributed by atoms with Gasteiger partial charge in [-0.2, -0.15) is 0 Å². The third-order valence-corrected chi connectivity index (χ3v) is 2.12. The van der Waals surface area contributed by atoms with Crippen LogP contribution < -0.4 is 0 Å². The number of aliphatic hydroxyl groups excluding tert-OH is 1. The molecule has 0 bridgehead atoms. The largest absolute Gasteiger partial charge is 0.503 e. The number of rotatable bonds is 1. The first-order valence-electron chi connectivity index (χ1n) is 4.01. The van der Waals surface area contributed by atoms with Gasteiger partial charge in [0.25, 0.3) is 0 Å². The molecule has 0 radical (unpaired) electrons. The summed E-state index contributed by atoms with van der Waals surface area (Å²) in [6.45, 7) is -0.293. The predicted octanol–water partition coefficient (Wildman–Crippen LogP) is 0.548. The molecule has 5 heteroatoms. The van der Waals surface area contributed by atoms with Crippen molar-refractivity contribution in [2.24, 2.45) is 0 Å².